The van der Waals surface area contributed by atoms with Crippen LogP contribution in [0.3, 0.4) is 0 Å². The lowest BCUT2D eigenvalue weighted by atomic mass is 10.1. The first-order chi connectivity index (χ1) is 13.7. The molecule has 0 bridgehead atoms. The second-order valence-electron chi connectivity index (χ2n) is 6.87. The summed E-state index contributed by atoms with van der Waals surface area (Å²) in [5.74, 6) is 1.51. The van der Waals surface area contributed by atoms with E-state index in [1.165, 1.54) is 11.3 Å². The smallest absolute Gasteiger partial charge is 0.171 e. The Labute approximate surface area is 170 Å². The predicted octanol–water partition coefficient (Wildman–Crippen LogP) is 3.34. The molecule has 0 spiro atoms. The Bertz CT molecular complexity index is 822. The SMILES string of the molecule is C[C@H](NC(=S)Nc1ccc2c(c1)OCCO2)c1ccc(N2CCOCC2)cc1. The molecule has 0 amide bonds. The van der Waals surface area contributed by atoms with E-state index in [0.29, 0.717) is 18.3 Å². The lowest BCUT2D eigenvalue weighted by molar-refractivity contribution is 0.122. The summed E-state index contributed by atoms with van der Waals surface area (Å²) in [5.41, 5.74) is 3.29. The Hall–Kier alpha value is -2.51. The predicted molar refractivity (Wildman–Crippen MR) is 115 cm³/mol. The minimum absolute atomic E-state index is 0.0935. The zero-order chi connectivity index (χ0) is 19.3. The molecule has 2 aliphatic heterocycles. The van der Waals surface area contributed by atoms with E-state index >= 15 is 0 Å². The molecule has 2 aromatic rings. The van der Waals surface area contributed by atoms with Crippen LogP contribution in [0.2, 0.25) is 0 Å². The van der Waals surface area contributed by atoms with Crippen molar-refractivity contribution in [1.29, 1.82) is 0 Å². The molecule has 2 aliphatic rings. The first-order valence-electron chi connectivity index (χ1n) is 9.59. The van der Waals surface area contributed by atoms with Crippen LogP contribution in [0.5, 0.6) is 11.5 Å². The van der Waals surface area contributed by atoms with Gasteiger partial charge in [0, 0.05) is 30.5 Å². The molecule has 6 nitrogen and oxygen atoms in total. The van der Waals surface area contributed by atoms with Gasteiger partial charge in [0.05, 0.1) is 19.3 Å². The molecule has 1 saturated heterocycles. The molecule has 0 saturated carbocycles. The first kappa shape index (κ1) is 18.8. The molecule has 28 heavy (non-hydrogen) atoms. The molecule has 2 heterocycles. The van der Waals surface area contributed by atoms with Gasteiger partial charge in [0.2, 0.25) is 0 Å². The van der Waals surface area contributed by atoms with Crippen LogP contribution in [0.4, 0.5) is 11.4 Å². The van der Waals surface area contributed by atoms with Gasteiger partial charge >= 0.3 is 0 Å². The van der Waals surface area contributed by atoms with Gasteiger partial charge in [-0.25, -0.2) is 0 Å². The Morgan fingerprint density at radius 2 is 1.68 bits per heavy atom. The van der Waals surface area contributed by atoms with Gasteiger partial charge in [-0.1, -0.05) is 12.1 Å². The van der Waals surface area contributed by atoms with Gasteiger partial charge < -0.3 is 29.7 Å². The maximum atomic E-state index is 5.62. The molecule has 0 aromatic heterocycles. The fourth-order valence-electron chi connectivity index (χ4n) is 3.36. The largest absolute Gasteiger partial charge is 0.486 e. The van der Waals surface area contributed by atoms with Crippen molar-refractivity contribution >= 4 is 28.7 Å². The van der Waals surface area contributed by atoms with Crippen LogP contribution in [0, 0.1) is 0 Å². The van der Waals surface area contributed by atoms with Gasteiger partial charge in [-0.05, 0) is 49.0 Å². The minimum Gasteiger partial charge on any atom is -0.486 e. The second kappa shape index (κ2) is 8.67. The standard InChI is InChI=1S/C21H25N3O3S/c1-15(16-2-5-18(6-3-16)24-8-10-25-11-9-24)22-21(28)23-17-4-7-19-20(14-17)27-13-12-26-19/h2-7,14-15H,8-13H2,1H3,(H2,22,23,28)/t15-/m0/s1. The Balaban J connectivity index is 1.33. The maximum Gasteiger partial charge on any atom is 0.171 e. The first-order valence-corrected chi connectivity index (χ1v) is 10.00. The number of nitrogens with one attached hydrogen (secondary N) is 2. The number of morpholine rings is 1. The van der Waals surface area contributed by atoms with Crippen molar-refractivity contribution in [3.63, 3.8) is 0 Å². The summed E-state index contributed by atoms with van der Waals surface area (Å²) in [7, 11) is 0. The van der Waals surface area contributed by atoms with Crippen molar-refractivity contribution in [2.45, 2.75) is 13.0 Å². The molecule has 0 unspecified atom stereocenters. The van der Waals surface area contributed by atoms with E-state index in [4.69, 9.17) is 26.4 Å². The van der Waals surface area contributed by atoms with Crippen LogP contribution in [0.25, 0.3) is 0 Å². The summed E-state index contributed by atoms with van der Waals surface area (Å²) >= 11 is 5.48. The number of fused-ring (bicyclic) bond motifs is 1. The van der Waals surface area contributed by atoms with E-state index in [1.807, 2.05) is 18.2 Å². The number of anilines is 2. The van der Waals surface area contributed by atoms with Gasteiger partial charge in [0.1, 0.15) is 13.2 Å². The van der Waals surface area contributed by atoms with Gasteiger partial charge in [-0.15, -0.1) is 0 Å². The van der Waals surface area contributed by atoms with E-state index < -0.39 is 0 Å². The average Bonchev–Trinajstić information content (AvgIpc) is 2.74. The fourth-order valence-corrected chi connectivity index (χ4v) is 3.66. The van der Waals surface area contributed by atoms with E-state index in [9.17, 15) is 0 Å². The lowest BCUT2D eigenvalue weighted by Gasteiger charge is -2.29. The summed E-state index contributed by atoms with van der Waals surface area (Å²) in [5, 5.41) is 7.13. The van der Waals surface area contributed by atoms with Crippen molar-refractivity contribution in [2.24, 2.45) is 0 Å². The van der Waals surface area contributed by atoms with Gasteiger partial charge in [-0.2, -0.15) is 0 Å². The second-order valence-corrected chi connectivity index (χ2v) is 7.28. The molecule has 4 rings (SSSR count). The Kier molecular flexibility index (Phi) is 5.83. The van der Waals surface area contributed by atoms with Gasteiger partial charge in [-0.3, -0.25) is 0 Å². The highest BCUT2D eigenvalue weighted by Crippen LogP contribution is 2.32. The van der Waals surface area contributed by atoms with E-state index in [-0.39, 0.29) is 6.04 Å². The quantitative estimate of drug-likeness (QED) is 0.765. The molecule has 1 atom stereocenters. The van der Waals surface area contributed by atoms with Crippen molar-refractivity contribution in [3.05, 3.63) is 48.0 Å². The highest BCUT2D eigenvalue weighted by Gasteiger charge is 2.14. The van der Waals surface area contributed by atoms with E-state index in [0.717, 1.165) is 43.5 Å². The zero-order valence-electron chi connectivity index (χ0n) is 15.9. The molecule has 2 N–H and O–H groups in total. The van der Waals surface area contributed by atoms with Crippen molar-refractivity contribution in [1.82, 2.24) is 5.32 Å². The average molecular weight is 400 g/mol. The van der Waals surface area contributed by atoms with Crippen LogP contribution in [-0.4, -0.2) is 44.6 Å². The fraction of sp³-hybridized carbons (Fsp3) is 0.381. The molecule has 148 valence electrons. The number of benzene rings is 2. The number of nitrogens with zero attached hydrogens (tertiary/aromatic N) is 1. The third-order valence-electron chi connectivity index (χ3n) is 4.92. The molecule has 2 aromatic carbocycles. The van der Waals surface area contributed by atoms with Crippen LogP contribution in [0.1, 0.15) is 18.5 Å². The van der Waals surface area contributed by atoms with Crippen molar-refractivity contribution in [2.75, 3.05) is 49.7 Å². The number of rotatable bonds is 4. The third-order valence-corrected chi connectivity index (χ3v) is 5.14. The van der Waals surface area contributed by atoms with Crippen molar-refractivity contribution in [3.8, 4) is 11.5 Å². The van der Waals surface area contributed by atoms with Crippen LogP contribution in [-0.2, 0) is 4.74 Å². The summed E-state index contributed by atoms with van der Waals surface area (Å²) in [4.78, 5) is 2.35. The lowest BCUT2D eigenvalue weighted by Crippen LogP contribution is -2.36. The minimum atomic E-state index is 0.0935. The summed E-state index contributed by atoms with van der Waals surface area (Å²) < 4.78 is 16.6. The normalized spacial score (nSPS) is 17.0. The number of thiocarbonyl (C=S) groups is 1. The maximum absolute atomic E-state index is 5.62. The molecule has 0 aliphatic carbocycles. The summed E-state index contributed by atoms with van der Waals surface area (Å²) in [6, 6.07) is 14.5. The summed E-state index contributed by atoms with van der Waals surface area (Å²) in [6.07, 6.45) is 0. The third kappa shape index (κ3) is 4.48. The van der Waals surface area contributed by atoms with Crippen LogP contribution < -0.4 is 25.0 Å². The Morgan fingerprint density at radius 1 is 0.964 bits per heavy atom. The number of hydrogen-bond donors (Lipinski definition) is 2. The van der Waals surface area contributed by atoms with Crippen LogP contribution >= 0.6 is 12.2 Å². The highest BCUT2D eigenvalue weighted by molar-refractivity contribution is 7.80. The molecule has 7 heteroatoms. The van der Waals surface area contributed by atoms with Gasteiger partial charge in [0.15, 0.2) is 16.6 Å². The number of hydrogen-bond acceptors (Lipinski definition) is 5. The van der Waals surface area contributed by atoms with Crippen molar-refractivity contribution < 1.29 is 14.2 Å². The highest BCUT2D eigenvalue weighted by atomic mass is 32.1. The van der Waals surface area contributed by atoms with E-state index in [1.54, 1.807) is 0 Å². The molecular weight excluding hydrogens is 374 g/mol. The molecule has 0 radical (unpaired) electrons. The number of ether oxygens (including phenoxy) is 3. The van der Waals surface area contributed by atoms with Crippen LogP contribution in [0.15, 0.2) is 42.5 Å². The monoisotopic (exact) mass is 399 g/mol. The van der Waals surface area contributed by atoms with Gasteiger partial charge in [0.25, 0.3) is 0 Å². The molecular formula is C21H25N3O3S. The summed E-state index contributed by atoms with van der Waals surface area (Å²) in [6.45, 7) is 6.71. The topological polar surface area (TPSA) is 55.0 Å². The molecule has 1 fully saturated rings. The zero-order valence-corrected chi connectivity index (χ0v) is 16.8. The Morgan fingerprint density at radius 3 is 2.43 bits per heavy atom. The van der Waals surface area contributed by atoms with E-state index in [2.05, 4.69) is 46.7 Å².